The zero-order valence-corrected chi connectivity index (χ0v) is 11.8. The van der Waals surface area contributed by atoms with Gasteiger partial charge in [-0.3, -0.25) is 0 Å². The van der Waals surface area contributed by atoms with Crippen LogP contribution in [-0.2, 0) is 0 Å². The summed E-state index contributed by atoms with van der Waals surface area (Å²) in [6, 6.07) is 7.68. The van der Waals surface area contributed by atoms with Crippen molar-refractivity contribution in [1.82, 2.24) is 9.97 Å². The van der Waals surface area contributed by atoms with Gasteiger partial charge in [0.1, 0.15) is 17.2 Å². The van der Waals surface area contributed by atoms with E-state index < -0.39 is 0 Å². The van der Waals surface area contributed by atoms with Crippen molar-refractivity contribution >= 4 is 29.2 Å². The fraction of sp³-hybridized carbons (Fsp3) is 0.231. The molecule has 1 aromatic heterocycles. The Morgan fingerprint density at radius 1 is 1.28 bits per heavy atom. The summed E-state index contributed by atoms with van der Waals surface area (Å²) in [6.07, 6.45) is 1.49. The third-order valence-electron chi connectivity index (χ3n) is 2.47. The lowest BCUT2D eigenvalue weighted by Crippen LogP contribution is -2.03. The lowest BCUT2D eigenvalue weighted by molar-refractivity contribution is 0.808. The van der Waals surface area contributed by atoms with Crippen molar-refractivity contribution in [2.75, 3.05) is 5.73 Å². The molecule has 0 fully saturated rings. The maximum Gasteiger partial charge on any atom is 0.131 e. The van der Waals surface area contributed by atoms with E-state index in [-0.39, 0.29) is 5.92 Å². The predicted octanol–water partition coefficient (Wildman–Crippen LogP) is 3.99. The third-order valence-corrected chi connectivity index (χ3v) is 3.71. The molecule has 0 aliphatic rings. The second-order valence-electron chi connectivity index (χ2n) is 4.19. The highest BCUT2D eigenvalue weighted by molar-refractivity contribution is 7.99. The second kappa shape index (κ2) is 5.59. The van der Waals surface area contributed by atoms with Crippen LogP contribution in [0.1, 0.15) is 25.3 Å². The van der Waals surface area contributed by atoms with Crippen molar-refractivity contribution in [3.05, 3.63) is 41.2 Å². The molecular formula is C13H14ClN3S. The Morgan fingerprint density at radius 3 is 2.72 bits per heavy atom. The summed E-state index contributed by atoms with van der Waals surface area (Å²) in [5.41, 5.74) is 6.90. The van der Waals surface area contributed by atoms with Crippen molar-refractivity contribution in [1.29, 1.82) is 0 Å². The average Bonchev–Trinajstić information content (AvgIpc) is 2.28. The van der Waals surface area contributed by atoms with Gasteiger partial charge in [0.25, 0.3) is 0 Å². The Morgan fingerprint density at radius 2 is 2.06 bits per heavy atom. The number of halogens is 1. The van der Waals surface area contributed by atoms with Crippen LogP contribution in [0.3, 0.4) is 0 Å². The SMILES string of the molecule is CC(C)c1c(N)ncnc1Sc1cccc(Cl)c1. The third kappa shape index (κ3) is 2.94. The van der Waals surface area contributed by atoms with Crippen LogP contribution in [0, 0.1) is 0 Å². The molecule has 1 heterocycles. The summed E-state index contributed by atoms with van der Waals surface area (Å²) < 4.78 is 0. The minimum Gasteiger partial charge on any atom is -0.383 e. The Bertz CT molecular complexity index is 558. The maximum atomic E-state index is 5.97. The zero-order chi connectivity index (χ0) is 13.1. The summed E-state index contributed by atoms with van der Waals surface area (Å²) in [7, 11) is 0. The standard InChI is InChI=1S/C13H14ClN3S/c1-8(2)11-12(15)16-7-17-13(11)18-10-5-3-4-9(14)6-10/h3-8H,1-2H3,(H2,15,16,17). The quantitative estimate of drug-likeness (QED) is 0.863. The lowest BCUT2D eigenvalue weighted by atomic mass is 10.1. The minimum absolute atomic E-state index is 0.285. The monoisotopic (exact) mass is 279 g/mol. The van der Waals surface area contributed by atoms with Crippen LogP contribution >= 0.6 is 23.4 Å². The first-order valence-corrected chi connectivity index (χ1v) is 6.81. The molecule has 2 N–H and O–H groups in total. The first kappa shape index (κ1) is 13.2. The van der Waals surface area contributed by atoms with Gasteiger partial charge in [0, 0.05) is 15.5 Å². The van der Waals surface area contributed by atoms with Gasteiger partial charge >= 0.3 is 0 Å². The van der Waals surface area contributed by atoms with E-state index in [0.29, 0.717) is 10.8 Å². The van der Waals surface area contributed by atoms with E-state index in [1.807, 2.05) is 24.3 Å². The highest BCUT2D eigenvalue weighted by Crippen LogP contribution is 2.35. The molecule has 3 nitrogen and oxygen atoms in total. The minimum atomic E-state index is 0.285. The van der Waals surface area contributed by atoms with Crippen molar-refractivity contribution in [3.8, 4) is 0 Å². The molecule has 2 rings (SSSR count). The largest absolute Gasteiger partial charge is 0.383 e. The van der Waals surface area contributed by atoms with Crippen molar-refractivity contribution < 1.29 is 0 Å². The van der Waals surface area contributed by atoms with Gasteiger partial charge in [-0.15, -0.1) is 0 Å². The fourth-order valence-electron chi connectivity index (χ4n) is 1.66. The number of hydrogen-bond acceptors (Lipinski definition) is 4. The number of nitrogen functional groups attached to an aromatic ring is 1. The molecule has 0 atom stereocenters. The van der Waals surface area contributed by atoms with Crippen LogP contribution in [0.5, 0.6) is 0 Å². The number of rotatable bonds is 3. The number of hydrogen-bond donors (Lipinski definition) is 1. The van der Waals surface area contributed by atoms with Gasteiger partial charge in [-0.05, 0) is 24.1 Å². The van der Waals surface area contributed by atoms with Crippen LogP contribution < -0.4 is 5.73 Å². The number of nitrogens with two attached hydrogens (primary N) is 1. The van der Waals surface area contributed by atoms with Gasteiger partial charge < -0.3 is 5.73 Å². The number of benzene rings is 1. The molecule has 18 heavy (non-hydrogen) atoms. The van der Waals surface area contributed by atoms with Crippen LogP contribution in [0.2, 0.25) is 5.02 Å². The molecule has 1 aromatic carbocycles. The van der Waals surface area contributed by atoms with Gasteiger partial charge in [0.2, 0.25) is 0 Å². The van der Waals surface area contributed by atoms with E-state index in [1.165, 1.54) is 6.33 Å². The molecule has 0 saturated carbocycles. The van der Waals surface area contributed by atoms with E-state index in [2.05, 4.69) is 23.8 Å². The summed E-state index contributed by atoms with van der Waals surface area (Å²) in [4.78, 5) is 9.41. The Hall–Kier alpha value is -1.26. The maximum absolute atomic E-state index is 5.97. The van der Waals surface area contributed by atoms with E-state index in [1.54, 1.807) is 11.8 Å². The van der Waals surface area contributed by atoms with Gasteiger partial charge in [0.15, 0.2) is 0 Å². The second-order valence-corrected chi connectivity index (χ2v) is 5.69. The average molecular weight is 280 g/mol. The first-order chi connectivity index (χ1) is 8.58. The summed E-state index contributed by atoms with van der Waals surface area (Å²) >= 11 is 7.53. The molecule has 0 saturated heterocycles. The smallest absolute Gasteiger partial charge is 0.131 e. The molecule has 0 aliphatic carbocycles. The Kier molecular flexibility index (Phi) is 4.09. The van der Waals surface area contributed by atoms with Crippen molar-refractivity contribution in [2.24, 2.45) is 0 Å². The van der Waals surface area contributed by atoms with Gasteiger partial charge in [0.05, 0.1) is 0 Å². The summed E-state index contributed by atoms with van der Waals surface area (Å²) in [6.45, 7) is 4.16. The molecule has 0 spiro atoms. The van der Waals surface area contributed by atoms with E-state index in [0.717, 1.165) is 15.5 Å². The summed E-state index contributed by atoms with van der Waals surface area (Å²) in [5.74, 6) is 0.831. The number of anilines is 1. The number of nitrogens with zero attached hydrogens (tertiary/aromatic N) is 2. The highest BCUT2D eigenvalue weighted by atomic mass is 35.5. The molecule has 0 radical (unpaired) electrons. The van der Waals surface area contributed by atoms with E-state index >= 15 is 0 Å². The fourth-order valence-corrected chi connectivity index (χ4v) is 3.02. The molecule has 0 amide bonds. The van der Waals surface area contributed by atoms with E-state index in [4.69, 9.17) is 17.3 Å². The molecule has 0 unspecified atom stereocenters. The van der Waals surface area contributed by atoms with Gasteiger partial charge in [-0.2, -0.15) is 0 Å². The van der Waals surface area contributed by atoms with Crippen molar-refractivity contribution in [2.45, 2.75) is 29.7 Å². The molecule has 5 heteroatoms. The van der Waals surface area contributed by atoms with Crippen LogP contribution in [-0.4, -0.2) is 9.97 Å². The van der Waals surface area contributed by atoms with Crippen LogP contribution in [0.15, 0.2) is 40.5 Å². The van der Waals surface area contributed by atoms with Crippen LogP contribution in [0.25, 0.3) is 0 Å². The highest BCUT2D eigenvalue weighted by Gasteiger charge is 2.14. The topological polar surface area (TPSA) is 51.8 Å². The van der Waals surface area contributed by atoms with E-state index in [9.17, 15) is 0 Å². The molecule has 0 aliphatic heterocycles. The molecular weight excluding hydrogens is 266 g/mol. The van der Waals surface area contributed by atoms with Gasteiger partial charge in [-0.25, -0.2) is 9.97 Å². The van der Waals surface area contributed by atoms with Crippen LogP contribution in [0.4, 0.5) is 5.82 Å². The summed E-state index contributed by atoms with van der Waals surface area (Å²) in [5, 5.41) is 1.60. The zero-order valence-electron chi connectivity index (χ0n) is 10.2. The number of aromatic nitrogens is 2. The molecule has 94 valence electrons. The van der Waals surface area contributed by atoms with Crippen molar-refractivity contribution in [3.63, 3.8) is 0 Å². The molecule has 0 bridgehead atoms. The normalized spacial score (nSPS) is 10.9. The molecule has 2 aromatic rings. The predicted molar refractivity (Wildman–Crippen MR) is 76.1 cm³/mol. The van der Waals surface area contributed by atoms with Gasteiger partial charge in [-0.1, -0.05) is 43.3 Å². The Balaban J connectivity index is 2.37. The first-order valence-electron chi connectivity index (χ1n) is 5.61. The lowest BCUT2D eigenvalue weighted by Gasteiger charge is -2.12. The Labute approximate surface area is 116 Å².